The Labute approximate surface area is 154 Å². The lowest BCUT2D eigenvalue weighted by atomic mass is 10.1. The van der Waals surface area contributed by atoms with Gasteiger partial charge in [0.05, 0.1) is 11.7 Å². The van der Waals surface area contributed by atoms with Crippen molar-refractivity contribution >= 4 is 11.7 Å². The molecule has 0 aliphatic carbocycles. The number of alkyl halides is 3. The van der Waals surface area contributed by atoms with Crippen LogP contribution in [0, 0.1) is 0 Å². The van der Waals surface area contributed by atoms with E-state index >= 15 is 0 Å². The summed E-state index contributed by atoms with van der Waals surface area (Å²) in [6.07, 6.45) is 0.363. The number of fused-ring (bicyclic) bond motifs is 1. The van der Waals surface area contributed by atoms with E-state index in [1.165, 1.54) is 0 Å². The molecule has 1 saturated heterocycles. The Bertz CT molecular complexity index is 815. The Balaban J connectivity index is 1.59. The van der Waals surface area contributed by atoms with Crippen LogP contribution in [0.2, 0.25) is 0 Å². The summed E-state index contributed by atoms with van der Waals surface area (Å²) in [5.41, 5.74) is 0.507. The van der Waals surface area contributed by atoms with Crippen molar-refractivity contribution in [1.29, 1.82) is 0 Å². The normalized spacial score (nSPS) is 25.3. The molecule has 2 aromatic rings. The zero-order valence-electron chi connectivity index (χ0n) is 14.9. The number of amides is 1. The van der Waals surface area contributed by atoms with Crippen LogP contribution in [-0.2, 0) is 11.3 Å². The van der Waals surface area contributed by atoms with E-state index in [1.807, 2.05) is 0 Å². The van der Waals surface area contributed by atoms with Gasteiger partial charge >= 0.3 is 6.18 Å². The summed E-state index contributed by atoms with van der Waals surface area (Å²) in [5.74, 6) is 0.248. The second-order valence-electron chi connectivity index (χ2n) is 7.19. The summed E-state index contributed by atoms with van der Waals surface area (Å²) in [4.78, 5) is 14.3. The monoisotopic (exact) mass is 382 g/mol. The highest BCUT2D eigenvalue weighted by molar-refractivity contribution is 5.76. The van der Waals surface area contributed by atoms with Gasteiger partial charge in [0.15, 0.2) is 6.04 Å². The third-order valence-electron chi connectivity index (χ3n) is 5.17. The van der Waals surface area contributed by atoms with Crippen LogP contribution in [0.25, 0.3) is 0 Å². The molecule has 27 heavy (non-hydrogen) atoms. The number of likely N-dealkylation sites (tertiary alicyclic amines) is 1. The largest absolute Gasteiger partial charge is 0.410 e. The van der Waals surface area contributed by atoms with Crippen LogP contribution in [0.3, 0.4) is 0 Å². The molecule has 1 N–H and O–H groups in total. The fourth-order valence-corrected chi connectivity index (χ4v) is 3.94. The van der Waals surface area contributed by atoms with Gasteiger partial charge in [0.25, 0.3) is 0 Å². The maximum absolute atomic E-state index is 13.4. The fraction of sp³-hybridized carbons (Fsp3) is 0.588. The first-order chi connectivity index (χ1) is 12.8. The van der Waals surface area contributed by atoms with Crippen molar-refractivity contribution in [3.63, 3.8) is 0 Å². The molecule has 0 spiro atoms. The van der Waals surface area contributed by atoms with Crippen LogP contribution in [0.5, 0.6) is 0 Å². The van der Waals surface area contributed by atoms with Gasteiger partial charge in [-0.25, -0.2) is 4.68 Å². The minimum absolute atomic E-state index is 0.0652. The zero-order chi connectivity index (χ0) is 19.2. The van der Waals surface area contributed by atoms with Gasteiger partial charge in [0.2, 0.25) is 5.91 Å². The van der Waals surface area contributed by atoms with Crippen molar-refractivity contribution in [2.45, 2.75) is 57.0 Å². The Kier molecular flexibility index (Phi) is 4.35. The summed E-state index contributed by atoms with van der Waals surface area (Å²) in [7, 11) is 0. The average Bonchev–Trinajstić information content (AvgIpc) is 3.32. The first kappa shape index (κ1) is 17.9. The highest BCUT2D eigenvalue weighted by Crippen LogP contribution is 2.41. The quantitative estimate of drug-likeness (QED) is 0.886. The Hall–Kier alpha value is -2.52. The van der Waals surface area contributed by atoms with Crippen molar-refractivity contribution in [1.82, 2.24) is 24.5 Å². The molecule has 7 nitrogen and oxygen atoms in total. The third-order valence-corrected chi connectivity index (χ3v) is 5.17. The molecule has 3 atom stereocenters. The van der Waals surface area contributed by atoms with E-state index in [2.05, 4.69) is 15.5 Å². The molecule has 2 aromatic heterocycles. The molecular weight excluding hydrogens is 361 g/mol. The van der Waals surface area contributed by atoms with Crippen LogP contribution in [-0.4, -0.2) is 49.1 Å². The molecule has 1 fully saturated rings. The summed E-state index contributed by atoms with van der Waals surface area (Å²) in [5, 5.41) is 11.4. The van der Waals surface area contributed by atoms with Crippen LogP contribution in [0.1, 0.15) is 44.0 Å². The number of carbonyl (C=O) groups excluding carboxylic acids is 1. The molecule has 1 unspecified atom stereocenters. The summed E-state index contributed by atoms with van der Waals surface area (Å²) in [6.45, 7) is 2.40. The SMILES string of the molecule is C[C@@H]1C[C@H](C(F)(F)F)n2nc(C3CCCN3C(=O)Cn3cccn3)cc2N1. The highest BCUT2D eigenvalue weighted by atomic mass is 19.4. The molecule has 0 bridgehead atoms. The molecule has 0 aromatic carbocycles. The molecule has 4 heterocycles. The number of hydrogen-bond acceptors (Lipinski definition) is 4. The predicted molar refractivity (Wildman–Crippen MR) is 90.9 cm³/mol. The van der Waals surface area contributed by atoms with Crippen LogP contribution >= 0.6 is 0 Å². The van der Waals surface area contributed by atoms with Crippen molar-refractivity contribution < 1.29 is 18.0 Å². The first-order valence-electron chi connectivity index (χ1n) is 9.02. The molecular formula is C17H21F3N6O. The molecule has 2 aliphatic rings. The Morgan fingerprint density at radius 3 is 2.93 bits per heavy atom. The van der Waals surface area contributed by atoms with Gasteiger partial charge in [-0.3, -0.25) is 9.48 Å². The van der Waals surface area contributed by atoms with Crippen molar-refractivity contribution in [2.75, 3.05) is 11.9 Å². The van der Waals surface area contributed by atoms with E-state index in [1.54, 1.807) is 41.0 Å². The number of carbonyl (C=O) groups is 1. The van der Waals surface area contributed by atoms with Gasteiger partial charge in [0, 0.05) is 31.0 Å². The lowest BCUT2D eigenvalue weighted by Gasteiger charge is -2.31. The number of aromatic nitrogens is 4. The molecule has 146 valence electrons. The van der Waals surface area contributed by atoms with E-state index in [0.717, 1.165) is 11.1 Å². The van der Waals surface area contributed by atoms with Gasteiger partial charge in [-0.15, -0.1) is 0 Å². The minimum atomic E-state index is -4.36. The van der Waals surface area contributed by atoms with Crippen LogP contribution in [0.4, 0.5) is 19.0 Å². The second kappa shape index (κ2) is 6.58. The zero-order valence-corrected chi connectivity index (χ0v) is 14.9. The standard InChI is InChI=1S/C17H21F3N6O/c1-11-8-14(17(18,19)20)26-15(22-11)9-12(23-26)13-4-2-7-25(13)16(27)10-24-6-3-5-21-24/h3,5-6,9,11,13-14,22H,2,4,7-8,10H2,1H3/t11-,13?,14-/m1/s1. The second-order valence-corrected chi connectivity index (χ2v) is 7.19. The lowest BCUT2D eigenvalue weighted by Crippen LogP contribution is -2.38. The molecule has 2 aliphatic heterocycles. The van der Waals surface area contributed by atoms with Gasteiger partial charge in [-0.2, -0.15) is 23.4 Å². The predicted octanol–water partition coefficient (Wildman–Crippen LogP) is 2.75. The average molecular weight is 382 g/mol. The van der Waals surface area contributed by atoms with E-state index in [-0.39, 0.29) is 31.0 Å². The maximum Gasteiger partial charge on any atom is 0.410 e. The lowest BCUT2D eigenvalue weighted by molar-refractivity contribution is -0.173. The third kappa shape index (κ3) is 3.40. The molecule has 0 radical (unpaired) electrons. The number of halogens is 3. The van der Waals surface area contributed by atoms with Gasteiger partial charge in [-0.1, -0.05) is 0 Å². The van der Waals surface area contributed by atoms with Crippen molar-refractivity contribution in [3.8, 4) is 0 Å². The molecule has 4 rings (SSSR count). The van der Waals surface area contributed by atoms with E-state index in [0.29, 0.717) is 24.5 Å². The smallest absolute Gasteiger partial charge is 0.368 e. The number of anilines is 1. The Morgan fingerprint density at radius 1 is 1.41 bits per heavy atom. The topological polar surface area (TPSA) is 68.0 Å². The number of hydrogen-bond donors (Lipinski definition) is 1. The van der Waals surface area contributed by atoms with Gasteiger partial charge in [-0.05, 0) is 32.3 Å². The van der Waals surface area contributed by atoms with Gasteiger partial charge < -0.3 is 10.2 Å². The van der Waals surface area contributed by atoms with E-state index in [9.17, 15) is 18.0 Å². The number of nitrogens with zero attached hydrogens (tertiary/aromatic N) is 5. The summed E-state index contributed by atoms with van der Waals surface area (Å²) in [6, 6.07) is 1.14. The van der Waals surface area contributed by atoms with Crippen molar-refractivity contribution in [2.24, 2.45) is 0 Å². The van der Waals surface area contributed by atoms with Gasteiger partial charge in [0.1, 0.15) is 12.4 Å². The van der Waals surface area contributed by atoms with E-state index < -0.39 is 12.2 Å². The summed E-state index contributed by atoms with van der Waals surface area (Å²) >= 11 is 0. The van der Waals surface area contributed by atoms with Crippen molar-refractivity contribution in [3.05, 3.63) is 30.2 Å². The van der Waals surface area contributed by atoms with Crippen LogP contribution < -0.4 is 5.32 Å². The molecule has 0 saturated carbocycles. The maximum atomic E-state index is 13.4. The number of nitrogens with one attached hydrogen (secondary N) is 1. The number of rotatable bonds is 3. The highest BCUT2D eigenvalue weighted by Gasteiger charge is 2.46. The van der Waals surface area contributed by atoms with E-state index in [4.69, 9.17) is 0 Å². The first-order valence-corrected chi connectivity index (χ1v) is 9.02. The minimum Gasteiger partial charge on any atom is -0.368 e. The molecule has 10 heteroatoms. The fourth-order valence-electron chi connectivity index (χ4n) is 3.94. The molecule has 1 amide bonds. The Morgan fingerprint density at radius 2 is 2.22 bits per heavy atom. The summed E-state index contributed by atoms with van der Waals surface area (Å²) < 4.78 is 42.9. The van der Waals surface area contributed by atoms with Crippen LogP contribution in [0.15, 0.2) is 24.5 Å².